The number of carbonyl (C=O) groups excluding carboxylic acids is 1. The average Bonchev–Trinajstić information content (AvgIpc) is 2.34. The molecule has 2 unspecified atom stereocenters. The van der Waals surface area contributed by atoms with Crippen molar-refractivity contribution in [3.8, 4) is 0 Å². The first-order chi connectivity index (χ1) is 8.15. The Morgan fingerprint density at radius 2 is 2.35 bits per heavy atom. The molecule has 0 saturated carbocycles. The van der Waals surface area contributed by atoms with Crippen LogP contribution < -0.4 is 5.32 Å². The highest BCUT2D eigenvalue weighted by atomic mass is 16.5. The van der Waals surface area contributed by atoms with Gasteiger partial charge in [0.2, 0.25) is 5.91 Å². The maximum atomic E-state index is 11.5. The second-order valence-corrected chi connectivity index (χ2v) is 4.10. The van der Waals surface area contributed by atoms with E-state index in [2.05, 4.69) is 5.32 Å². The molecule has 0 spiro atoms. The summed E-state index contributed by atoms with van der Waals surface area (Å²) >= 11 is 0. The fourth-order valence-corrected chi connectivity index (χ4v) is 1.85. The van der Waals surface area contributed by atoms with Gasteiger partial charge in [-0.05, 0) is 12.8 Å². The maximum absolute atomic E-state index is 11.5. The van der Waals surface area contributed by atoms with Gasteiger partial charge < -0.3 is 19.9 Å². The van der Waals surface area contributed by atoms with Crippen LogP contribution in [0.1, 0.15) is 19.3 Å². The third-order valence-electron chi connectivity index (χ3n) is 2.78. The van der Waals surface area contributed by atoms with Crippen LogP contribution in [0.4, 0.5) is 0 Å². The van der Waals surface area contributed by atoms with Gasteiger partial charge in [0.1, 0.15) is 6.04 Å². The molecule has 0 aromatic rings. The SMILES string of the molecule is COCCC(=O)NC(C(=O)O)C1CCCOC1. The number of methoxy groups -OCH3 is 1. The molecular weight excluding hydrogens is 226 g/mol. The first kappa shape index (κ1) is 13.9. The van der Waals surface area contributed by atoms with Gasteiger partial charge in [0.15, 0.2) is 0 Å². The van der Waals surface area contributed by atoms with Crippen molar-refractivity contribution in [2.24, 2.45) is 5.92 Å². The average molecular weight is 245 g/mol. The monoisotopic (exact) mass is 245 g/mol. The van der Waals surface area contributed by atoms with Crippen LogP contribution in [0.25, 0.3) is 0 Å². The quantitative estimate of drug-likeness (QED) is 0.689. The molecule has 0 radical (unpaired) electrons. The van der Waals surface area contributed by atoms with E-state index in [4.69, 9.17) is 14.6 Å². The zero-order valence-corrected chi connectivity index (χ0v) is 9.98. The molecule has 1 amide bonds. The number of aliphatic carboxylic acids is 1. The molecule has 1 aliphatic rings. The van der Waals surface area contributed by atoms with E-state index in [1.54, 1.807) is 0 Å². The van der Waals surface area contributed by atoms with Crippen molar-refractivity contribution in [2.75, 3.05) is 26.9 Å². The number of nitrogens with one attached hydrogen (secondary N) is 1. The van der Waals surface area contributed by atoms with Crippen LogP contribution in [0, 0.1) is 5.92 Å². The van der Waals surface area contributed by atoms with Crippen molar-refractivity contribution in [1.29, 1.82) is 0 Å². The van der Waals surface area contributed by atoms with E-state index in [0.717, 1.165) is 12.8 Å². The van der Waals surface area contributed by atoms with Crippen LogP contribution in [-0.4, -0.2) is 50.0 Å². The fourth-order valence-electron chi connectivity index (χ4n) is 1.85. The van der Waals surface area contributed by atoms with Gasteiger partial charge in [-0.2, -0.15) is 0 Å². The van der Waals surface area contributed by atoms with E-state index in [1.165, 1.54) is 7.11 Å². The highest BCUT2D eigenvalue weighted by Gasteiger charge is 2.31. The van der Waals surface area contributed by atoms with Gasteiger partial charge in [-0.15, -0.1) is 0 Å². The van der Waals surface area contributed by atoms with E-state index in [-0.39, 0.29) is 18.2 Å². The van der Waals surface area contributed by atoms with Crippen molar-refractivity contribution in [1.82, 2.24) is 5.32 Å². The first-order valence-corrected chi connectivity index (χ1v) is 5.74. The molecule has 17 heavy (non-hydrogen) atoms. The molecule has 1 saturated heterocycles. The van der Waals surface area contributed by atoms with Crippen LogP contribution in [0.2, 0.25) is 0 Å². The van der Waals surface area contributed by atoms with Crippen molar-refractivity contribution < 1.29 is 24.2 Å². The molecule has 6 heteroatoms. The minimum Gasteiger partial charge on any atom is -0.480 e. The molecule has 98 valence electrons. The summed E-state index contributed by atoms with van der Waals surface area (Å²) in [7, 11) is 1.50. The Labute approximate surface area is 100 Å². The topological polar surface area (TPSA) is 84.9 Å². The summed E-state index contributed by atoms with van der Waals surface area (Å²) in [5.41, 5.74) is 0. The molecule has 2 N–H and O–H groups in total. The van der Waals surface area contributed by atoms with Gasteiger partial charge in [0.05, 0.1) is 13.2 Å². The van der Waals surface area contributed by atoms with E-state index in [9.17, 15) is 9.59 Å². The van der Waals surface area contributed by atoms with Gasteiger partial charge in [0, 0.05) is 26.1 Å². The lowest BCUT2D eigenvalue weighted by molar-refractivity contribution is -0.145. The van der Waals surface area contributed by atoms with Crippen LogP contribution in [0.5, 0.6) is 0 Å². The Kier molecular flexibility index (Phi) is 5.93. The van der Waals surface area contributed by atoms with Gasteiger partial charge in [0.25, 0.3) is 0 Å². The lowest BCUT2D eigenvalue weighted by Gasteiger charge is -2.28. The molecule has 1 aliphatic heterocycles. The molecule has 0 aromatic carbocycles. The third kappa shape index (κ3) is 4.70. The Morgan fingerprint density at radius 3 is 2.88 bits per heavy atom. The van der Waals surface area contributed by atoms with Crippen molar-refractivity contribution in [3.63, 3.8) is 0 Å². The number of rotatable bonds is 6. The number of carboxylic acid groups (broad SMARTS) is 1. The summed E-state index contributed by atoms with van der Waals surface area (Å²) in [5.74, 6) is -1.45. The molecule has 6 nitrogen and oxygen atoms in total. The van der Waals surface area contributed by atoms with Crippen LogP contribution >= 0.6 is 0 Å². The molecule has 1 fully saturated rings. The second-order valence-electron chi connectivity index (χ2n) is 4.10. The van der Waals surface area contributed by atoms with E-state index in [0.29, 0.717) is 19.8 Å². The third-order valence-corrected chi connectivity index (χ3v) is 2.78. The summed E-state index contributed by atoms with van der Waals surface area (Å²) in [5, 5.41) is 11.6. The fraction of sp³-hybridized carbons (Fsp3) is 0.818. The van der Waals surface area contributed by atoms with Crippen LogP contribution in [-0.2, 0) is 19.1 Å². The number of ether oxygens (including phenoxy) is 2. The normalized spacial score (nSPS) is 21.8. The molecular formula is C11H19NO5. The Morgan fingerprint density at radius 1 is 1.59 bits per heavy atom. The maximum Gasteiger partial charge on any atom is 0.326 e. The molecule has 0 aliphatic carbocycles. The van der Waals surface area contributed by atoms with Gasteiger partial charge in [-0.1, -0.05) is 0 Å². The zero-order chi connectivity index (χ0) is 12.7. The number of carboxylic acids is 1. The number of hydrogen-bond acceptors (Lipinski definition) is 4. The molecule has 2 atom stereocenters. The smallest absolute Gasteiger partial charge is 0.326 e. The van der Waals surface area contributed by atoms with E-state index >= 15 is 0 Å². The summed E-state index contributed by atoms with van der Waals surface area (Å²) in [6, 6.07) is -0.861. The molecule has 0 bridgehead atoms. The Hall–Kier alpha value is -1.14. The second kappa shape index (κ2) is 7.24. The number of amides is 1. The first-order valence-electron chi connectivity index (χ1n) is 5.74. The summed E-state index contributed by atoms with van der Waals surface area (Å²) in [6.45, 7) is 1.35. The van der Waals surface area contributed by atoms with E-state index in [1.807, 2.05) is 0 Å². The molecule has 1 heterocycles. The van der Waals surface area contributed by atoms with Crippen molar-refractivity contribution in [2.45, 2.75) is 25.3 Å². The summed E-state index contributed by atoms with van der Waals surface area (Å²) in [4.78, 5) is 22.6. The Bertz CT molecular complexity index is 263. The van der Waals surface area contributed by atoms with Gasteiger partial charge >= 0.3 is 5.97 Å². The van der Waals surface area contributed by atoms with Gasteiger partial charge in [-0.25, -0.2) is 4.79 Å². The standard InChI is InChI=1S/C11H19NO5/c1-16-6-4-9(13)12-10(11(14)15)8-3-2-5-17-7-8/h8,10H,2-7H2,1H3,(H,12,13)(H,14,15). The minimum atomic E-state index is -1.01. The lowest BCUT2D eigenvalue weighted by atomic mass is 9.93. The number of hydrogen-bond donors (Lipinski definition) is 2. The highest BCUT2D eigenvalue weighted by molar-refractivity contribution is 5.83. The van der Waals surface area contributed by atoms with E-state index < -0.39 is 12.0 Å². The minimum absolute atomic E-state index is 0.146. The van der Waals surface area contributed by atoms with Crippen molar-refractivity contribution >= 4 is 11.9 Å². The van der Waals surface area contributed by atoms with Crippen molar-refractivity contribution in [3.05, 3.63) is 0 Å². The predicted octanol–water partition coefficient (Wildman–Crippen LogP) is 0.0189. The zero-order valence-electron chi connectivity index (χ0n) is 9.98. The van der Waals surface area contributed by atoms with Crippen LogP contribution in [0.3, 0.4) is 0 Å². The Balaban J connectivity index is 2.47. The van der Waals surface area contributed by atoms with Crippen LogP contribution in [0.15, 0.2) is 0 Å². The predicted molar refractivity (Wildman–Crippen MR) is 59.6 cm³/mol. The molecule has 1 rings (SSSR count). The van der Waals surface area contributed by atoms with Gasteiger partial charge in [-0.3, -0.25) is 4.79 Å². The molecule has 0 aromatic heterocycles. The number of carbonyl (C=O) groups is 2. The lowest BCUT2D eigenvalue weighted by Crippen LogP contribution is -2.48. The highest BCUT2D eigenvalue weighted by Crippen LogP contribution is 2.17. The summed E-state index contributed by atoms with van der Waals surface area (Å²) in [6.07, 6.45) is 1.78. The largest absolute Gasteiger partial charge is 0.480 e. The summed E-state index contributed by atoms with van der Waals surface area (Å²) < 4.78 is 10.0.